The first-order valence-corrected chi connectivity index (χ1v) is 13.6. The lowest BCUT2D eigenvalue weighted by molar-refractivity contribution is 0.506. The second-order valence-electron chi connectivity index (χ2n) is 10.2. The maximum absolute atomic E-state index is 2.34. The lowest BCUT2D eigenvalue weighted by Gasteiger charge is -2.18. The predicted molar refractivity (Wildman–Crippen MR) is 166 cm³/mol. The molecule has 2 aliphatic rings. The second kappa shape index (κ2) is 11.1. The fraction of sp³-hybridized carbons (Fsp3) is 0.189. The minimum Gasteiger partial charge on any atom is -0.377 e. The molecule has 0 aromatic heterocycles. The van der Waals surface area contributed by atoms with Gasteiger partial charge in [-0.3, -0.25) is 0 Å². The number of likely N-dealkylation sites (N-methyl/N-ethyl adjacent to an activating group) is 1. The Balaban J connectivity index is 1.48. The summed E-state index contributed by atoms with van der Waals surface area (Å²) in [4.78, 5) is 2.19. The van der Waals surface area contributed by atoms with Gasteiger partial charge < -0.3 is 4.90 Å². The van der Waals surface area contributed by atoms with Crippen molar-refractivity contribution in [2.75, 3.05) is 13.6 Å². The summed E-state index contributed by atoms with van der Waals surface area (Å²) in [6.45, 7) is 9.81. The van der Waals surface area contributed by atoms with Crippen molar-refractivity contribution in [3.05, 3.63) is 149 Å². The number of rotatable bonds is 5. The molecule has 3 aromatic carbocycles. The van der Waals surface area contributed by atoms with Gasteiger partial charge in [-0.05, 0) is 100 Å². The highest BCUT2D eigenvalue weighted by molar-refractivity contribution is 5.94. The van der Waals surface area contributed by atoms with E-state index in [1.54, 1.807) is 0 Å². The number of hydrogen-bond acceptors (Lipinski definition) is 1. The normalized spacial score (nSPS) is 19.8. The average Bonchev–Trinajstić information content (AvgIpc) is 3.24. The SMILES string of the molecule is C\C=C/C=C1\C(=C(C)\C(=C/C)c2ccc(-c3cccc(C4=CCN(C)C=C4)c3)cc2)C(C)c2ccccc21. The third kappa shape index (κ3) is 4.89. The lowest BCUT2D eigenvalue weighted by Crippen LogP contribution is -2.13. The number of fused-ring (bicyclic) bond motifs is 1. The van der Waals surface area contributed by atoms with E-state index in [-0.39, 0.29) is 0 Å². The van der Waals surface area contributed by atoms with Gasteiger partial charge in [0.2, 0.25) is 0 Å². The van der Waals surface area contributed by atoms with Gasteiger partial charge in [0.25, 0.3) is 0 Å². The van der Waals surface area contributed by atoms with Crippen LogP contribution in [0.1, 0.15) is 55.9 Å². The summed E-state index contributed by atoms with van der Waals surface area (Å²) < 4.78 is 0. The Hall–Kier alpha value is -4.10. The van der Waals surface area contributed by atoms with Gasteiger partial charge in [-0.15, -0.1) is 0 Å². The van der Waals surface area contributed by atoms with E-state index in [0.29, 0.717) is 5.92 Å². The highest BCUT2D eigenvalue weighted by Crippen LogP contribution is 2.48. The molecule has 190 valence electrons. The molecule has 1 atom stereocenters. The zero-order valence-corrected chi connectivity index (χ0v) is 23.2. The lowest BCUT2D eigenvalue weighted by atomic mass is 9.87. The topological polar surface area (TPSA) is 3.24 Å². The van der Waals surface area contributed by atoms with Crippen LogP contribution >= 0.6 is 0 Å². The van der Waals surface area contributed by atoms with E-state index in [9.17, 15) is 0 Å². The highest BCUT2D eigenvalue weighted by Gasteiger charge is 2.30. The summed E-state index contributed by atoms with van der Waals surface area (Å²) in [6, 6.07) is 26.8. The first kappa shape index (κ1) is 25.5. The van der Waals surface area contributed by atoms with Crippen molar-refractivity contribution in [1.82, 2.24) is 4.90 Å². The van der Waals surface area contributed by atoms with Crippen molar-refractivity contribution in [2.45, 2.75) is 33.6 Å². The van der Waals surface area contributed by atoms with Crippen LogP contribution in [-0.4, -0.2) is 18.5 Å². The van der Waals surface area contributed by atoms with Gasteiger partial charge in [-0.1, -0.05) is 104 Å². The zero-order valence-electron chi connectivity index (χ0n) is 23.2. The Morgan fingerprint density at radius 2 is 1.66 bits per heavy atom. The van der Waals surface area contributed by atoms with Crippen molar-refractivity contribution in [1.29, 1.82) is 0 Å². The van der Waals surface area contributed by atoms with Crippen molar-refractivity contribution >= 4 is 16.7 Å². The van der Waals surface area contributed by atoms with Crippen molar-refractivity contribution in [3.8, 4) is 11.1 Å². The van der Waals surface area contributed by atoms with Crippen LogP contribution in [-0.2, 0) is 0 Å². The molecular weight excluding hydrogens is 458 g/mol. The van der Waals surface area contributed by atoms with Crippen LogP contribution in [0.2, 0.25) is 0 Å². The molecule has 0 bridgehead atoms. The van der Waals surface area contributed by atoms with Crippen LogP contribution in [0.25, 0.3) is 27.8 Å². The number of nitrogens with zero attached hydrogens (tertiary/aromatic N) is 1. The molecule has 1 heteroatoms. The first-order chi connectivity index (χ1) is 18.5. The van der Waals surface area contributed by atoms with Crippen LogP contribution in [0.3, 0.4) is 0 Å². The van der Waals surface area contributed by atoms with Gasteiger partial charge in [0.15, 0.2) is 0 Å². The smallest absolute Gasteiger partial charge is 0.0359 e. The van der Waals surface area contributed by atoms with Crippen molar-refractivity contribution < 1.29 is 0 Å². The molecule has 1 nitrogen and oxygen atoms in total. The number of hydrogen-bond donors (Lipinski definition) is 0. The van der Waals surface area contributed by atoms with Crippen LogP contribution < -0.4 is 0 Å². The van der Waals surface area contributed by atoms with Crippen LogP contribution in [0.15, 0.2) is 127 Å². The minimum absolute atomic E-state index is 0.364. The van der Waals surface area contributed by atoms with E-state index in [2.05, 4.69) is 155 Å². The summed E-state index contributed by atoms with van der Waals surface area (Å²) in [7, 11) is 2.10. The monoisotopic (exact) mass is 495 g/mol. The summed E-state index contributed by atoms with van der Waals surface area (Å²) in [5.41, 5.74) is 14.5. The Morgan fingerprint density at radius 1 is 0.895 bits per heavy atom. The fourth-order valence-corrected chi connectivity index (χ4v) is 5.81. The quantitative estimate of drug-likeness (QED) is 0.340. The van der Waals surface area contributed by atoms with Crippen LogP contribution in [0.5, 0.6) is 0 Å². The summed E-state index contributed by atoms with van der Waals surface area (Å²) >= 11 is 0. The molecule has 0 radical (unpaired) electrons. The van der Waals surface area contributed by atoms with Gasteiger partial charge in [0, 0.05) is 19.5 Å². The maximum atomic E-state index is 2.34. The molecule has 3 aromatic rings. The minimum atomic E-state index is 0.364. The third-order valence-electron chi connectivity index (χ3n) is 7.83. The highest BCUT2D eigenvalue weighted by atomic mass is 15.1. The molecule has 1 unspecified atom stereocenters. The van der Waals surface area contributed by atoms with E-state index in [0.717, 1.165) is 6.54 Å². The summed E-state index contributed by atoms with van der Waals surface area (Å²) in [5, 5.41) is 0. The van der Waals surface area contributed by atoms with Crippen LogP contribution in [0.4, 0.5) is 0 Å². The fourth-order valence-electron chi connectivity index (χ4n) is 5.81. The number of benzene rings is 3. The van der Waals surface area contributed by atoms with E-state index in [1.165, 1.54) is 61.2 Å². The zero-order chi connectivity index (χ0) is 26.6. The standard InChI is InChI=1S/C37H37N/c1-6-8-14-36-35-16-10-9-15-34(35)27(4)37(36)26(3)33(7-2)30-19-17-28(18-20-30)31-12-11-13-32(25-31)29-21-23-38(5)24-22-29/h6-23,25,27H,24H2,1-5H3/b8-6-,33-7+,36-14-,37-26+. The molecule has 38 heavy (non-hydrogen) atoms. The Labute approximate surface area is 228 Å². The van der Waals surface area contributed by atoms with Crippen molar-refractivity contribution in [3.63, 3.8) is 0 Å². The van der Waals surface area contributed by atoms with Crippen molar-refractivity contribution in [2.24, 2.45) is 0 Å². The summed E-state index contributed by atoms with van der Waals surface area (Å²) in [5.74, 6) is 0.364. The molecule has 1 aliphatic heterocycles. The largest absolute Gasteiger partial charge is 0.377 e. The van der Waals surface area contributed by atoms with E-state index >= 15 is 0 Å². The molecule has 0 saturated heterocycles. The van der Waals surface area contributed by atoms with Gasteiger partial charge in [0.1, 0.15) is 0 Å². The molecule has 0 amide bonds. The van der Waals surface area contributed by atoms with Gasteiger partial charge >= 0.3 is 0 Å². The molecule has 1 aliphatic carbocycles. The summed E-state index contributed by atoms with van der Waals surface area (Å²) in [6.07, 6.45) is 15.4. The second-order valence-corrected chi connectivity index (χ2v) is 10.2. The Kier molecular flexibility index (Phi) is 7.47. The maximum Gasteiger partial charge on any atom is 0.0359 e. The molecule has 0 fully saturated rings. The molecule has 0 saturated carbocycles. The van der Waals surface area contributed by atoms with E-state index < -0.39 is 0 Å². The Bertz CT molecular complexity index is 1520. The molecule has 1 heterocycles. The molecule has 0 spiro atoms. The van der Waals surface area contributed by atoms with E-state index in [4.69, 9.17) is 0 Å². The Morgan fingerprint density at radius 3 is 2.37 bits per heavy atom. The average molecular weight is 496 g/mol. The van der Waals surface area contributed by atoms with Gasteiger partial charge in [-0.25, -0.2) is 0 Å². The first-order valence-electron chi connectivity index (χ1n) is 13.6. The van der Waals surface area contributed by atoms with E-state index in [1.807, 2.05) is 0 Å². The molecular formula is C37H37N. The van der Waals surface area contributed by atoms with Gasteiger partial charge in [0.05, 0.1) is 0 Å². The molecule has 0 N–H and O–H groups in total. The van der Waals surface area contributed by atoms with Crippen LogP contribution in [0, 0.1) is 0 Å². The molecule has 5 rings (SSSR count). The third-order valence-corrected chi connectivity index (χ3v) is 7.83. The predicted octanol–water partition coefficient (Wildman–Crippen LogP) is 9.69. The number of allylic oxidation sites excluding steroid dienone is 10. The van der Waals surface area contributed by atoms with Gasteiger partial charge in [-0.2, -0.15) is 0 Å².